The van der Waals surface area contributed by atoms with Gasteiger partial charge in [-0.25, -0.2) is 0 Å². The molecule has 5 heteroatoms. The molecule has 3 unspecified atom stereocenters. The third-order valence-corrected chi connectivity index (χ3v) is 4.59. The number of nitrogens with one attached hydrogen (secondary N) is 1. The Balaban J connectivity index is 1.87. The molecule has 5 nitrogen and oxygen atoms in total. The first-order valence-electron chi connectivity index (χ1n) is 7.26. The highest BCUT2D eigenvalue weighted by Crippen LogP contribution is 2.25. The Morgan fingerprint density at radius 2 is 1.89 bits per heavy atom. The van der Waals surface area contributed by atoms with Crippen LogP contribution >= 0.6 is 0 Å². The summed E-state index contributed by atoms with van der Waals surface area (Å²) in [6, 6.07) is 0.0950. The molecule has 0 aromatic rings. The van der Waals surface area contributed by atoms with E-state index in [0.717, 1.165) is 12.8 Å². The Morgan fingerprint density at radius 3 is 2.42 bits per heavy atom. The van der Waals surface area contributed by atoms with E-state index in [0.29, 0.717) is 19.1 Å². The molecule has 1 amide bonds. The summed E-state index contributed by atoms with van der Waals surface area (Å²) >= 11 is 0. The third-order valence-electron chi connectivity index (χ3n) is 4.59. The largest absolute Gasteiger partial charge is 0.481 e. The lowest BCUT2D eigenvalue weighted by molar-refractivity contribution is -0.142. The minimum atomic E-state index is -0.751. The Hall–Kier alpha value is -1.10. The van der Waals surface area contributed by atoms with Crippen LogP contribution in [0.25, 0.3) is 0 Å². The lowest BCUT2D eigenvalue weighted by Crippen LogP contribution is -2.47. The van der Waals surface area contributed by atoms with Crippen LogP contribution < -0.4 is 5.32 Å². The van der Waals surface area contributed by atoms with Crippen molar-refractivity contribution in [2.75, 3.05) is 13.1 Å². The molecule has 1 aliphatic heterocycles. The highest BCUT2D eigenvalue weighted by Gasteiger charge is 2.38. The highest BCUT2D eigenvalue weighted by molar-refractivity contribution is 5.82. The van der Waals surface area contributed by atoms with Crippen LogP contribution in [0.4, 0.5) is 0 Å². The van der Waals surface area contributed by atoms with E-state index < -0.39 is 5.97 Å². The van der Waals surface area contributed by atoms with Crippen molar-refractivity contribution in [2.45, 2.75) is 51.6 Å². The molecule has 1 saturated heterocycles. The lowest BCUT2D eigenvalue weighted by Gasteiger charge is -2.25. The van der Waals surface area contributed by atoms with Crippen molar-refractivity contribution < 1.29 is 14.7 Å². The second kappa shape index (κ2) is 5.90. The quantitative estimate of drug-likeness (QED) is 0.800. The fraction of sp³-hybridized carbons (Fsp3) is 0.857. The van der Waals surface area contributed by atoms with Gasteiger partial charge in [-0.1, -0.05) is 19.8 Å². The predicted octanol–water partition coefficient (Wildman–Crippen LogP) is 1.09. The summed E-state index contributed by atoms with van der Waals surface area (Å²) in [6.07, 6.45) is 4.54. The Labute approximate surface area is 114 Å². The number of aliphatic carboxylic acids is 1. The van der Waals surface area contributed by atoms with E-state index in [-0.39, 0.29) is 23.8 Å². The molecule has 1 aliphatic carbocycles. The first-order valence-corrected chi connectivity index (χ1v) is 7.26. The number of hydrogen-bond acceptors (Lipinski definition) is 3. The maximum atomic E-state index is 12.2. The fourth-order valence-electron chi connectivity index (χ4n) is 3.20. The third kappa shape index (κ3) is 3.26. The molecule has 0 radical (unpaired) electrons. The van der Waals surface area contributed by atoms with Gasteiger partial charge < -0.3 is 10.4 Å². The molecule has 0 aromatic carbocycles. The first kappa shape index (κ1) is 14.3. The van der Waals surface area contributed by atoms with Gasteiger partial charge in [-0.2, -0.15) is 0 Å². The van der Waals surface area contributed by atoms with Gasteiger partial charge >= 0.3 is 5.97 Å². The summed E-state index contributed by atoms with van der Waals surface area (Å²) in [5.74, 6) is -0.940. The molecule has 19 heavy (non-hydrogen) atoms. The van der Waals surface area contributed by atoms with E-state index in [1.807, 2.05) is 18.7 Å². The predicted molar refractivity (Wildman–Crippen MR) is 71.7 cm³/mol. The van der Waals surface area contributed by atoms with Crippen molar-refractivity contribution in [1.82, 2.24) is 10.2 Å². The molecule has 108 valence electrons. The van der Waals surface area contributed by atoms with Gasteiger partial charge in [0.2, 0.25) is 5.91 Å². The van der Waals surface area contributed by atoms with E-state index in [9.17, 15) is 9.59 Å². The SMILES string of the molecule is CC1CN(C(C)C(=O)NC2CCCC2)CC1C(=O)O. The van der Waals surface area contributed by atoms with Crippen LogP contribution in [0.3, 0.4) is 0 Å². The number of carboxylic acids is 1. The lowest BCUT2D eigenvalue weighted by atomic mass is 9.99. The van der Waals surface area contributed by atoms with Crippen molar-refractivity contribution in [3.8, 4) is 0 Å². The number of rotatable bonds is 4. The number of carboxylic acid groups (broad SMARTS) is 1. The van der Waals surface area contributed by atoms with Crippen molar-refractivity contribution in [3.63, 3.8) is 0 Å². The molecule has 3 atom stereocenters. The molecule has 0 spiro atoms. The monoisotopic (exact) mass is 268 g/mol. The zero-order valence-electron chi connectivity index (χ0n) is 11.8. The summed E-state index contributed by atoms with van der Waals surface area (Å²) in [7, 11) is 0. The smallest absolute Gasteiger partial charge is 0.308 e. The van der Waals surface area contributed by atoms with Crippen LogP contribution in [-0.2, 0) is 9.59 Å². The molecule has 0 aromatic heterocycles. The van der Waals surface area contributed by atoms with Gasteiger partial charge in [0.25, 0.3) is 0 Å². The molecular formula is C14H24N2O3. The number of nitrogens with zero attached hydrogens (tertiary/aromatic N) is 1. The number of carbonyl (C=O) groups is 2. The number of carbonyl (C=O) groups excluding carboxylic acids is 1. The summed E-state index contributed by atoms with van der Waals surface area (Å²) < 4.78 is 0. The fourth-order valence-corrected chi connectivity index (χ4v) is 3.20. The number of likely N-dealkylation sites (tertiary alicyclic amines) is 1. The van der Waals surface area contributed by atoms with Crippen LogP contribution in [0.1, 0.15) is 39.5 Å². The van der Waals surface area contributed by atoms with E-state index in [1.165, 1.54) is 12.8 Å². The molecule has 0 bridgehead atoms. The van der Waals surface area contributed by atoms with Gasteiger partial charge in [0.1, 0.15) is 0 Å². The summed E-state index contributed by atoms with van der Waals surface area (Å²) in [6.45, 7) is 4.99. The van der Waals surface area contributed by atoms with Gasteiger partial charge in [0, 0.05) is 19.1 Å². The van der Waals surface area contributed by atoms with Gasteiger partial charge in [0.05, 0.1) is 12.0 Å². The van der Waals surface area contributed by atoms with Crippen LogP contribution in [0.15, 0.2) is 0 Å². The topological polar surface area (TPSA) is 69.6 Å². The van der Waals surface area contributed by atoms with E-state index in [2.05, 4.69) is 5.32 Å². The normalized spacial score (nSPS) is 30.4. The minimum Gasteiger partial charge on any atom is -0.481 e. The average molecular weight is 268 g/mol. The number of amides is 1. The molecular weight excluding hydrogens is 244 g/mol. The second-order valence-corrected chi connectivity index (χ2v) is 6.04. The highest BCUT2D eigenvalue weighted by atomic mass is 16.4. The zero-order chi connectivity index (χ0) is 14.0. The van der Waals surface area contributed by atoms with E-state index in [1.54, 1.807) is 0 Å². The molecule has 1 saturated carbocycles. The Morgan fingerprint density at radius 1 is 1.26 bits per heavy atom. The Kier molecular flexibility index (Phi) is 4.45. The summed E-state index contributed by atoms with van der Waals surface area (Å²) in [5.41, 5.74) is 0. The summed E-state index contributed by atoms with van der Waals surface area (Å²) in [4.78, 5) is 25.3. The molecule has 1 heterocycles. The van der Waals surface area contributed by atoms with Gasteiger partial charge in [0.15, 0.2) is 0 Å². The van der Waals surface area contributed by atoms with Crippen molar-refractivity contribution in [1.29, 1.82) is 0 Å². The van der Waals surface area contributed by atoms with Crippen LogP contribution in [-0.4, -0.2) is 47.1 Å². The first-order chi connectivity index (χ1) is 8.99. The van der Waals surface area contributed by atoms with E-state index >= 15 is 0 Å². The van der Waals surface area contributed by atoms with Crippen molar-refractivity contribution >= 4 is 11.9 Å². The molecule has 2 N–H and O–H groups in total. The zero-order valence-corrected chi connectivity index (χ0v) is 11.8. The van der Waals surface area contributed by atoms with Crippen molar-refractivity contribution in [3.05, 3.63) is 0 Å². The van der Waals surface area contributed by atoms with Crippen LogP contribution in [0, 0.1) is 11.8 Å². The van der Waals surface area contributed by atoms with Gasteiger partial charge in [-0.05, 0) is 25.7 Å². The van der Waals surface area contributed by atoms with Crippen LogP contribution in [0.2, 0.25) is 0 Å². The van der Waals surface area contributed by atoms with Crippen molar-refractivity contribution in [2.24, 2.45) is 11.8 Å². The Bertz CT molecular complexity index is 353. The maximum Gasteiger partial charge on any atom is 0.308 e. The maximum absolute atomic E-state index is 12.2. The second-order valence-electron chi connectivity index (χ2n) is 6.04. The summed E-state index contributed by atoms with van der Waals surface area (Å²) in [5, 5.41) is 12.2. The standard InChI is InChI=1S/C14H24N2O3/c1-9-7-16(8-12(9)14(18)19)10(2)13(17)15-11-5-3-4-6-11/h9-12H,3-8H2,1-2H3,(H,15,17)(H,18,19). The molecule has 2 aliphatic rings. The van der Waals surface area contributed by atoms with E-state index in [4.69, 9.17) is 5.11 Å². The number of hydrogen-bond donors (Lipinski definition) is 2. The van der Waals surface area contributed by atoms with Crippen LogP contribution in [0.5, 0.6) is 0 Å². The molecule has 2 rings (SSSR count). The minimum absolute atomic E-state index is 0.0464. The van der Waals surface area contributed by atoms with Gasteiger partial charge in [-0.15, -0.1) is 0 Å². The molecule has 2 fully saturated rings. The van der Waals surface area contributed by atoms with Gasteiger partial charge in [-0.3, -0.25) is 14.5 Å². The average Bonchev–Trinajstić information content (AvgIpc) is 2.97.